The van der Waals surface area contributed by atoms with E-state index in [0.717, 1.165) is 10.8 Å². The van der Waals surface area contributed by atoms with Crippen LogP contribution in [-0.4, -0.2) is 32.1 Å². The fraction of sp³-hybridized carbons (Fsp3) is 0.200. The van der Waals surface area contributed by atoms with E-state index in [1.807, 2.05) is 35.0 Å². The Morgan fingerprint density at radius 3 is 2.97 bits per heavy atom. The fourth-order valence-electron chi connectivity index (χ4n) is 3.05. The van der Waals surface area contributed by atoms with Crippen molar-refractivity contribution in [3.63, 3.8) is 0 Å². The minimum atomic E-state index is -0.505. The van der Waals surface area contributed by atoms with Gasteiger partial charge in [-0.2, -0.15) is 4.98 Å². The molecule has 0 aliphatic rings. The molecule has 0 saturated carbocycles. The zero-order chi connectivity index (χ0) is 21.3. The second-order valence-corrected chi connectivity index (χ2v) is 7.69. The van der Waals surface area contributed by atoms with Gasteiger partial charge in [0.2, 0.25) is 5.71 Å². The molecule has 4 rings (SSSR count). The van der Waals surface area contributed by atoms with Crippen LogP contribution in [0.2, 0.25) is 5.02 Å². The normalized spacial score (nSPS) is 11.2. The average Bonchev–Trinajstić information content (AvgIpc) is 3.30. The van der Waals surface area contributed by atoms with Gasteiger partial charge in [0.1, 0.15) is 23.0 Å². The van der Waals surface area contributed by atoms with Crippen molar-refractivity contribution in [2.45, 2.75) is 24.8 Å². The van der Waals surface area contributed by atoms with Crippen molar-refractivity contribution in [2.24, 2.45) is 0 Å². The Hall–Kier alpha value is -3.04. The number of fused-ring (bicyclic) bond motifs is 1. The summed E-state index contributed by atoms with van der Waals surface area (Å²) in [5.41, 5.74) is 7.55. The standard InChI is InChI=1S/C20H18ClN5O3S/c1-3-28-19(27)15-11(2)29-18-16(15)17(22)24-14(25-18)10-30-20-23-7-8-26(20)13-6-4-5-12(21)9-13/h4-9H,3,10H2,1-2H3,(H2,22,24,25). The maximum absolute atomic E-state index is 12.2. The van der Waals surface area contributed by atoms with Crippen LogP contribution in [0.4, 0.5) is 5.82 Å². The molecule has 0 aliphatic carbocycles. The number of nitrogens with two attached hydrogens (primary N) is 1. The van der Waals surface area contributed by atoms with Gasteiger partial charge in [0.15, 0.2) is 5.16 Å². The molecule has 2 N–H and O–H groups in total. The number of imidazole rings is 1. The SMILES string of the molecule is CCOC(=O)c1c(C)oc2nc(CSc3nccn3-c3cccc(Cl)c3)nc(N)c12. The molecule has 0 atom stereocenters. The molecular formula is C20H18ClN5O3S. The number of hydrogen-bond acceptors (Lipinski definition) is 8. The Kier molecular flexibility index (Phi) is 5.65. The second kappa shape index (κ2) is 8.37. The summed E-state index contributed by atoms with van der Waals surface area (Å²) in [5.74, 6) is 0.940. The Morgan fingerprint density at radius 2 is 2.20 bits per heavy atom. The third-order valence-electron chi connectivity index (χ3n) is 4.31. The predicted octanol–water partition coefficient (Wildman–Crippen LogP) is 4.42. The van der Waals surface area contributed by atoms with Crippen molar-refractivity contribution in [3.8, 4) is 5.69 Å². The Bertz CT molecular complexity index is 1240. The summed E-state index contributed by atoms with van der Waals surface area (Å²) in [6, 6.07) is 7.50. The molecular weight excluding hydrogens is 426 g/mol. The zero-order valence-electron chi connectivity index (χ0n) is 16.3. The fourth-order valence-corrected chi connectivity index (χ4v) is 4.06. The van der Waals surface area contributed by atoms with Gasteiger partial charge in [-0.15, -0.1) is 0 Å². The number of carbonyl (C=O) groups excluding carboxylic acids is 1. The molecule has 3 heterocycles. The number of ether oxygens (including phenoxy) is 1. The van der Waals surface area contributed by atoms with Crippen molar-refractivity contribution in [3.05, 3.63) is 58.8 Å². The van der Waals surface area contributed by atoms with Crippen molar-refractivity contribution in [1.29, 1.82) is 0 Å². The number of nitrogen functional groups attached to an aromatic ring is 1. The van der Waals surface area contributed by atoms with E-state index in [0.29, 0.717) is 27.7 Å². The van der Waals surface area contributed by atoms with E-state index in [9.17, 15) is 4.79 Å². The lowest BCUT2D eigenvalue weighted by Gasteiger charge is -2.08. The summed E-state index contributed by atoms with van der Waals surface area (Å²) in [6.07, 6.45) is 3.57. The summed E-state index contributed by atoms with van der Waals surface area (Å²) in [6.45, 7) is 3.65. The number of halogens is 1. The number of thioether (sulfide) groups is 1. The van der Waals surface area contributed by atoms with E-state index in [2.05, 4.69) is 15.0 Å². The number of aromatic nitrogens is 4. The highest BCUT2D eigenvalue weighted by Gasteiger charge is 2.24. The lowest BCUT2D eigenvalue weighted by atomic mass is 10.2. The molecule has 0 amide bonds. The Labute approximate surface area is 181 Å². The number of anilines is 1. The highest BCUT2D eigenvalue weighted by Crippen LogP contribution is 2.30. The highest BCUT2D eigenvalue weighted by atomic mass is 35.5. The molecule has 30 heavy (non-hydrogen) atoms. The van der Waals surface area contributed by atoms with Gasteiger partial charge in [-0.05, 0) is 32.0 Å². The molecule has 3 aromatic heterocycles. The maximum atomic E-state index is 12.2. The molecule has 0 spiro atoms. The number of nitrogens with zero attached hydrogens (tertiary/aromatic N) is 4. The first-order valence-electron chi connectivity index (χ1n) is 9.12. The minimum absolute atomic E-state index is 0.175. The summed E-state index contributed by atoms with van der Waals surface area (Å²) >= 11 is 7.54. The molecule has 1 aromatic carbocycles. The first-order valence-corrected chi connectivity index (χ1v) is 10.5. The van der Waals surface area contributed by atoms with Crippen LogP contribution in [0.5, 0.6) is 0 Å². The molecule has 10 heteroatoms. The van der Waals surface area contributed by atoms with Crippen LogP contribution in [0, 0.1) is 6.92 Å². The molecule has 0 unspecified atom stereocenters. The summed E-state index contributed by atoms with van der Waals surface area (Å²) in [5, 5.41) is 1.77. The topological polar surface area (TPSA) is 109 Å². The van der Waals surface area contributed by atoms with Gasteiger partial charge >= 0.3 is 5.97 Å². The molecule has 0 aliphatic heterocycles. The number of hydrogen-bond donors (Lipinski definition) is 1. The number of esters is 1. The van der Waals surface area contributed by atoms with Crippen molar-refractivity contribution in [1.82, 2.24) is 19.5 Å². The van der Waals surface area contributed by atoms with Crippen LogP contribution in [0.3, 0.4) is 0 Å². The molecule has 0 fully saturated rings. The van der Waals surface area contributed by atoms with E-state index >= 15 is 0 Å². The summed E-state index contributed by atoms with van der Waals surface area (Å²) < 4.78 is 12.7. The van der Waals surface area contributed by atoms with Gasteiger partial charge in [-0.25, -0.2) is 14.8 Å². The van der Waals surface area contributed by atoms with Crippen LogP contribution in [-0.2, 0) is 10.5 Å². The van der Waals surface area contributed by atoms with Gasteiger partial charge in [-0.1, -0.05) is 29.4 Å². The third-order valence-corrected chi connectivity index (χ3v) is 5.50. The van der Waals surface area contributed by atoms with Crippen molar-refractivity contribution in [2.75, 3.05) is 12.3 Å². The number of aryl methyl sites for hydroxylation is 1. The lowest BCUT2D eigenvalue weighted by Crippen LogP contribution is -2.07. The highest BCUT2D eigenvalue weighted by molar-refractivity contribution is 7.98. The molecule has 0 saturated heterocycles. The van der Waals surface area contributed by atoms with Crippen molar-refractivity contribution >= 4 is 46.2 Å². The summed E-state index contributed by atoms with van der Waals surface area (Å²) in [7, 11) is 0. The van der Waals surface area contributed by atoms with Gasteiger partial charge in [0.05, 0.1) is 17.7 Å². The molecule has 4 aromatic rings. The second-order valence-electron chi connectivity index (χ2n) is 6.31. The van der Waals surface area contributed by atoms with E-state index in [1.54, 1.807) is 20.0 Å². The quantitative estimate of drug-likeness (QED) is 0.344. The maximum Gasteiger partial charge on any atom is 0.342 e. The van der Waals surface area contributed by atoms with E-state index < -0.39 is 5.97 Å². The van der Waals surface area contributed by atoms with Crippen LogP contribution in [0.1, 0.15) is 28.9 Å². The third kappa shape index (κ3) is 3.86. The van der Waals surface area contributed by atoms with Crippen molar-refractivity contribution < 1.29 is 13.9 Å². The first kappa shape index (κ1) is 20.2. The number of carbonyl (C=O) groups is 1. The largest absolute Gasteiger partial charge is 0.462 e. The van der Waals surface area contributed by atoms with E-state index in [-0.39, 0.29) is 23.7 Å². The lowest BCUT2D eigenvalue weighted by molar-refractivity contribution is 0.0526. The first-order chi connectivity index (χ1) is 14.5. The van der Waals surface area contributed by atoms with E-state index in [1.165, 1.54) is 11.8 Å². The zero-order valence-corrected chi connectivity index (χ0v) is 17.8. The van der Waals surface area contributed by atoms with Crippen LogP contribution in [0.25, 0.3) is 16.8 Å². The van der Waals surface area contributed by atoms with Gasteiger partial charge in [-0.3, -0.25) is 4.57 Å². The molecule has 0 radical (unpaired) electrons. The van der Waals surface area contributed by atoms with E-state index in [4.69, 9.17) is 26.5 Å². The summed E-state index contributed by atoms with van der Waals surface area (Å²) in [4.78, 5) is 25.4. The number of furan rings is 1. The van der Waals surface area contributed by atoms with Gasteiger partial charge in [0, 0.05) is 23.1 Å². The van der Waals surface area contributed by atoms with Gasteiger partial charge in [0.25, 0.3) is 0 Å². The Balaban J connectivity index is 1.61. The smallest absolute Gasteiger partial charge is 0.342 e. The van der Waals surface area contributed by atoms with Crippen LogP contribution < -0.4 is 5.73 Å². The number of rotatable bonds is 6. The number of benzene rings is 1. The minimum Gasteiger partial charge on any atom is -0.462 e. The molecule has 154 valence electrons. The Morgan fingerprint density at radius 1 is 1.37 bits per heavy atom. The molecule has 8 nitrogen and oxygen atoms in total. The predicted molar refractivity (Wildman–Crippen MR) is 115 cm³/mol. The van der Waals surface area contributed by atoms with Gasteiger partial charge < -0.3 is 14.9 Å². The monoisotopic (exact) mass is 443 g/mol. The average molecular weight is 444 g/mol. The van der Waals surface area contributed by atoms with Crippen LogP contribution in [0.15, 0.2) is 46.2 Å². The molecule has 0 bridgehead atoms. The van der Waals surface area contributed by atoms with Crippen LogP contribution >= 0.6 is 23.4 Å².